The molecule has 124 valence electrons. The molecule has 1 aliphatic heterocycles. The van der Waals surface area contributed by atoms with Gasteiger partial charge in [0.05, 0.1) is 0 Å². The molecule has 2 amide bonds. The van der Waals surface area contributed by atoms with E-state index in [2.05, 4.69) is 20.2 Å². The van der Waals surface area contributed by atoms with E-state index in [1.165, 1.54) is 11.3 Å². The number of hydrogen-bond donors (Lipinski definition) is 3. The number of urea groups is 1. The second kappa shape index (κ2) is 7.31. The van der Waals surface area contributed by atoms with Crippen LogP contribution >= 0.6 is 11.3 Å². The van der Waals surface area contributed by atoms with E-state index < -0.39 is 10.2 Å². The van der Waals surface area contributed by atoms with Gasteiger partial charge in [0, 0.05) is 19.1 Å². The summed E-state index contributed by atoms with van der Waals surface area (Å²) in [4.78, 5) is 14.0. The Morgan fingerprint density at radius 2 is 2.23 bits per heavy atom. The number of nitrogens with zero attached hydrogens (tertiary/aromatic N) is 3. The maximum Gasteiger partial charge on any atom is 0.323 e. The average Bonchev–Trinajstić information content (AvgIpc) is 2.92. The molecule has 2 rings (SSSR count). The summed E-state index contributed by atoms with van der Waals surface area (Å²) in [6.45, 7) is 2.65. The van der Waals surface area contributed by atoms with Crippen LogP contribution in [0.5, 0.6) is 0 Å². The first kappa shape index (κ1) is 17.1. The molecule has 2 heterocycles. The lowest BCUT2D eigenvalue weighted by Gasteiger charge is -2.35. The van der Waals surface area contributed by atoms with Gasteiger partial charge in [-0.1, -0.05) is 18.3 Å². The van der Waals surface area contributed by atoms with E-state index in [-0.39, 0.29) is 18.6 Å². The highest BCUT2D eigenvalue weighted by Gasteiger charge is 2.28. The number of carbonyl (C=O) groups is 1. The zero-order valence-electron chi connectivity index (χ0n) is 12.3. The summed E-state index contributed by atoms with van der Waals surface area (Å²) in [5.41, 5.74) is 0. The Morgan fingerprint density at radius 3 is 2.86 bits per heavy atom. The quantitative estimate of drug-likeness (QED) is 0.703. The van der Waals surface area contributed by atoms with Gasteiger partial charge in [-0.15, -0.1) is 10.2 Å². The van der Waals surface area contributed by atoms with Gasteiger partial charge in [0.1, 0.15) is 5.01 Å². The summed E-state index contributed by atoms with van der Waals surface area (Å²) in [6.07, 6.45) is 3.32. The number of anilines is 1. The molecule has 22 heavy (non-hydrogen) atoms. The lowest BCUT2D eigenvalue weighted by molar-refractivity contribution is 0.164. The fourth-order valence-corrected chi connectivity index (χ4v) is 3.40. The van der Waals surface area contributed by atoms with Gasteiger partial charge in [0.25, 0.3) is 10.2 Å². The second-order valence-electron chi connectivity index (χ2n) is 5.02. The van der Waals surface area contributed by atoms with Crippen LogP contribution in [0.25, 0.3) is 0 Å². The lowest BCUT2D eigenvalue weighted by Crippen LogP contribution is -2.51. The van der Waals surface area contributed by atoms with E-state index in [0.717, 1.165) is 30.7 Å². The Hall–Kier alpha value is -1.30. The Bertz CT molecular complexity index is 617. The van der Waals surface area contributed by atoms with Gasteiger partial charge in [-0.05, 0) is 25.7 Å². The summed E-state index contributed by atoms with van der Waals surface area (Å²) in [6, 6.07) is -0.509. The van der Waals surface area contributed by atoms with Crippen molar-refractivity contribution in [1.82, 2.24) is 19.8 Å². The summed E-state index contributed by atoms with van der Waals surface area (Å²) in [5, 5.41) is 16.8. The Kier molecular flexibility index (Phi) is 5.67. The summed E-state index contributed by atoms with van der Waals surface area (Å²) >= 11 is 1.33. The second-order valence-corrected chi connectivity index (χ2v) is 7.46. The number of likely N-dealkylation sites (tertiary alicyclic amines) is 1. The van der Waals surface area contributed by atoms with E-state index >= 15 is 0 Å². The summed E-state index contributed by atoms with van der Waals surface area (Å²) in [5.74, 6) is 0. The topological polar surface area (TPSA) is 130 Å². The van der Waals surface area contributed by atoms with Crippen molar-refractivity contribution in [2.24, 2.45) is 5.14 Å². The van der Waals surface area contributed by atoms with Crippen molar-refractivity contribution >= 4 is 32.7 Å². The van der Waals surface area contributed by atoms with Gasteiger partial charge < -0.3 is 4.90 Å². The fourth-order valence-electron chi connectivity index (χ4n) is 2.30. The van der Waals surface area contributed by atoms with Crippen molar-refractivity contribution in [3.05, 3.63) is 5.01 Å². The molecular formula is C11H20N6O3S2. The molecule has 1 saturated heterocycles. The van der Waals surface area contributed by atoms with Crippen molar-refractivity contribution in [2.45, 2.75) is 38.6 Å². The Balaban J connectivity index is 1.98. The largest absolute Gasteiger partial charge is 0.323 e. The van der Waals surface area contributed by atoms with E-state index in [1.54, 1.807) is 4.90 Å². The monoisotopic (exact) mass is 348 g/mol. The number of rotatable bonds is 5. The SMILES string of the molecule is CCc1nnc(NC(=O)N2CCCCC2CNS(N)(=O)=O)s1. The predicted molar refractivity (Wildman–Crippen MR) is 83.8 cm³/mol. The summed E-state index contributed by atoms with van der Waals surface area (Å²) in [7, 11) is -3.76. The van der Waals surface area contributed by atoms with Gasteiger partial charge in [-0.2, -0.15) is 8.42 Å². The zero-order chi connectivity index (χ0) is 16.2. The van der Waals surface area contributed by atoms with Gasteiger partial charge in [-0.25, -0.2) is 14.7 Å². The zero-order valence-corrected chi connectivity index (χ0v) is 13.9. The Labute approximate surface area is 133 Å². The number of aryl methyl sites for hydroxylation is 1. The highest BCUT2D eigenvalue weighted by Crippen LogP contribution is 2.20. The third-order valence-corrected chi connectivity index (χ3v) is 4.94. The van der Waals surface area contributed by atoms with Crippen LogP contribution in [0.3, 0.4) is 0 Å². The smallest absolute Gasteiger partial charge is 0.320 e. The van der Waals surface area contributed by atoms with Gasteiger partial charge >= 0.3 is 6.03 Å². The predicted octanol–water partition coefficient (Wildman–Crippen LogP) is 0.280. The average molecular weight is 348 g/mol. The van der Waals surface area contributed by atoms with Crippen LogP contribution in [0.4, 0.5) is 9.93 Å². The number of aromatic nitrogens is 2. The molecule has 0 saturated carbocycles. The van der Waals surface area contributed by atoms with Crippen LogP contribution in [0.15, 0.2) is 0 Å². The fraction of sp³-hybridized carbons (Fsp3) is 0.727. The van der Waals surface area contributed by atoms with Crippen LogP contribution in [0.1, 0.15) is 31.2 Å². The number of nitrogens with one attached hydrogen (secondary N) is 2. The molecule has 0 spiro atoms. The molecule has 11 heteroatoms. The molecule has 9 nitrogen and oxygen atoms in total. The molecular weight excluding hydrogens is 328 g/mol. The highest BCUT2D eigenvalue weighted by molar-refractivity contribution is 7.87. The first-order valence-corrected chi connectivity index (χ1v) is 9.42. The standard InChI is InChI=1S/C11H20N6O3S2/c1-2-9-15-16-10(21-9)14-11(18)17-6-4-3-5-8(17)7-13-22(12,19)20/h8,13H,2-7H2,1H3,(H2,12,19,20)(H,14,16,18). The molecule has 1 atom stereocenters. The van der Waals surface area contributed by atoms with E-state index in [4.69, 9.17) is 5.14 Å². The number of hydrogen-bond acceptors (Lipinski definition) is 6. The van der Waals surface area contributed by atoms with Crippen LogP contribution in [0.2, 0.25) is 0 Å². The van der Waals surface area contributed by atoms with Crippen LogP contribution in [-0.2, 0) is 16.6 Å². The minimum absolute atomic E-state index is 0.114. The minimum Gasteiger partial charge on any atom is -0.320 e. The van der Waals surface area contributed by atoms with Crippen molar-refractivity contribution in [3.8, 4) is 0 Å². The van der Waals surface area contributed by atoms with E-state index in [1.807, 2.05) is 6.92 Å². The number of piperidine rings is 1. The van der Waals surface area contributed by atoms with Crippen LogP contribution < -0.4 is 15.2 Å². The van der Waals surface area contributed by atoms with E-state index in [0.29, 0.717) is 11.7 Å². The Morgan fingerprint density at radius 1 is 1.45 bits per heavy atom. The van der Waals surface area contributed by atoms with Crippen molar-refractivity contribution in [3.63, 3.8) is 0 Å². The normalized spacial score (nSPS) is 19.2. The molecule has 1 aromatic heterocycles. The van der Waals surface area contributed by atoms with E-state index in [9.17, 15) is 13.2 Å². The maximum atomic E-state index is 12.3. The summed E-state index contributed by atoms with van der Waals surface area (Å²) < 4.78 is 24.3. The van der Waals surface area contributed by atoms with Gasteiger partial charge in [0.15, 0.2) is 0 Å². The van der Waals surface area contributed by atoms with Crippen LogP contribution in [0, 0.1) is 0 Å². The van der Waals surface area contributed by atoms with Crippen molar-refractivity contribution in [2.75, 3.05) is 18.4 Å². The number of amides is 2. The lowest BCUT2D eigenvalue weighted by atomic mass is 10.0. The molecule has 4 N–H and O–H groups in total. The molecule has 1 unspecified atom stereocenters. The highest BCUT2D eigenvalue weighted by atomic mass is 32.2. The first-order chi connectivity index (χ1) is 10.4. The molecule has 0 bridgehead atoms. The minimum atomic E-state index is -3.76. The third kappa shape index (κ3) is 4.87. The number of carbonyl (C=O) groups excluding carboxylic acids is 1. The molecule has 0 aromatic carbocycles. The molecule has 1 fully saturated rings. The molecule has 0 aliphatic carbocycles. The van der Waals surface area contributed by atoms with Crippen molar-refractivity contribution in [1.29, 1.82) is 0 Å². The van der Waals surface area contributed by atoms with Crippen molar-refractivity contribution < 1.29 is 13.2 Å². The molecule has 1 aliphatic rings. The molecule has 0 radical (unpaired) electrons. The van der Waals surface area contributed by atoms with Crippen LogP contribution in [-0.4, -0.2) is 48.7 Å². The van der Waals surface area contributed by atoms with Gasteiger partial charge in [-0.3, -0.25) is 5.32 Å². The van der Waals surface area contributed by atoms with Gasteiger partial charge in [0.2, 0.25) is 5.13 Å². The number of nitrogens with two attached hydrogens (primary N) is 1. The third-order valence-electron chi connectivity index (χ3n) is 3.39. The molecule has 1 aromatic rings. The first-order valence-electron chi connectivity index (χ1n) is 7.06. The maximum absolute atomic E-state index is 12.3.